The number of H-pyrrole nitrogens is 1. The third-order valence-electron chi connectivity index (χ3n) is 3.26. The second-order valence-electron chi connectivity index (χ2n) is 5.31. The summed E-state index contributed by atoms with van der Waals surface area (Å²) < 4.78 is 0. The van der Waals surface area contributed by atoms with Crippen molar-refractivity contribution in [1.29, 1.82) is 0 Å². The summed E-state index contributed by atoms with van der Waals surface area (Å²) in [4.78, 5) is 2.48. The highest BCUT2D eigenvalue weighted by Gasteiger charge is 2.07. The smallest absolute Gasteiger partial charge is 0.0651 e. The number of anilines is 1. The molecule has 0 unspecified atom stereocenters. The van der Waals surface area contributed by atoms with E-state index in [0.717, 1.165) is 24.5 Å². The van der Waals surface area contributed by atoms with E-state index < -0.39 is 0 Å². The van der Waals surface area contributed by atoms with Gasteiger partial charge in [-0.25, -0.2) is 0 Å². The Morgan fingerprint density at radius 2 is 2.11 bits per heavy atom. The molecule has 3 heteroatoms. The van der Waals surface area contributed by atoms with Gasteiger partial charge in [0.15, 0.2) is 0 Å². The number of nitrogens with one attached hydrogen (secondary N) is 1. The van der Waals surface area contributed by atoms with E-state index in [-0.39, 0.29) is 0 Å². The molecule has 0 amide bonds. The van der Waals surface area contributed by atoms with Gasteiger partial charge in [-0.05, 0) is 37.0 Å². The highest BCUT2D eigenvalue weighted by molar-refractivity contribution is 5.82. The van der Waals surface area contributed by atoms with Crippen molar-refractivity contribution in [3.05, 3.63) is 24.4 Å². The van der Waals surface area contributed by atoms with E-state index in [1.807, 2.05) is 6.20 Å². The molecular weight excluding hydrogens is 222 g/mol. The fraction of sp³-hybridized carbons (Fsp3) is 0.533. The predicted molar refractivity (Wildman–Crippen MR) is 78.1 cm³/mol. The molecular formula is C15H23N3. The molecule has 3 nitrogen and oxygen atoms in total. The topological polar surface area (TPSA) is 31.9 Å². The molecule has 0 radical (unpaired) electrons. The fourth-order valence-electron chi connectivity index (χ4n) is 2.18. The van der Waals surface area contributed by atoms with Crippen molar-refractivity contribution >= 4 is 16.6 Å². The Balaban J connectivity index is 2.17. The van der Waals surface area contributed by atoms with Crippen LogP contribution in [-0.4, -0.2) is 23.3 Å². The average molecular weight is 245 g/mol. The number of fused-ring (bicyclic) bond motifs is 1. The quantitative estimate of drug-likeness (QED) is 0.839. The first-order valence-corrected chi connectivity index (χ1v) is 6.88. The van der Waals surface area contributed by atoms with E-state index in [4.69, 9.17) is 0 Å². The van der Waals surface area contributed by atoms with E-state index >= 15 is 0 Å². The summed E-state index contributed by atoms with van der Waals surface area (Å²) in [6.07, 6.45) is 4.32. The minimum absolute atomic E-state index is 0.752. The third-order valence-corrected chi connectivity index (χ3v) is 3.26. The Kier molecular flexibility index (Phi) is 4.24. The Morgan fingerprint density at radius 1 is 1.28 bits per heavy atom. The maximum atomic E-state index is 4.08. The minimum atomic E-state index is 0.752. The van der Waals surface area contributed by atoms with Crippen molar-refractivity contribution < 1.29 is 0 Å². The lowest BCUT2D eigenvalue weighted by Gasteiger charge is -2.25. The fourth-order valence-corrected chi connectivity index (χ4v) is 2.18. The lowest BCUT2D eigenvalue weighted by Crippen LogP contribution is -2.26. The number of hydrogen-bond acceptors (Lipinski definition) is 2. The monoisotopic (exact) mass is 245 g/mol. The van der Waals surface area contributed by atoms with Crippen molar-refractivity contribution in [2.45, 2.75) is 33.6 Å². The van der Waals surface area contributed by atoms with Crippen LogP contribution in [0, 0.1) is 5.92 Å². The van der Waals surface area contributed by atoms with Crippen LogP contribution in [-0.2, 0) is 0 Å². The molecule has 2 aromatic rings. The van der Waals surface area contributed by atoms with Crippen molar-refractivity contribution in [1.82, 2.24) is 10.2 Å². The van der Waals surface area contributed by atoms with Crippen LogP contribution >= 0.6 is 0 Å². The molecule has 1 N–H and O–H groups in total. The van der Waals surface area contributed by atoms with Crippen LogP contribution in [0.5, 0.6) is 0 Å². The van der Waals surface area contributed by atoms with Gasteiger partial charge in [-0.15, -0.1) is 0 Å². The molecule has 98 valence electrons. The maximum absolute atomic E-state index is 4.08. The van der Waals surface area contributed by atoms with E-state index in [2.05, 4.69) is 54.1 Å². The van der Waals surface area contributed by atoms with Crippen LogP contribution in [0.25, 0.3) is 10.9 Å². The van der Waals surface area contributed by atoms with E-state index in [1.54, 1.807) is 0 Å². The number of aromatic nitrogens is 2. The molecule has 0 aliphatic rings. The third kappa shape index (κ3) is 3.03. The molecule has 0 spiro atoms. The Hall–Kier alpha value is -1.51. The summed E-state index contributed by atoms with van der Waals surface area (Å²) in [5, 5.41) is 8.27. The zero-order valence-electron chi connectivity index (χ0n) is 11.6. The van der Waals surface area contributed by atoms with E-state index in [9.17, 15) is 0 Å². The molecule has 0 fully saturated rings. The number of rotatable bonds is 6. The molecule has 0 bridgehead atoms. The minimum Gasteiger partial charge on any atom is -0.372 e. The van der Waals surface area contributed by atoms with E-state index in [1.165, 1.54) is 23.9 Å². The SMILES string of the molecule is CCCN(CCC(C)C)c1ccc2[nH]ncc2c1. The second kappa shape index (κ2) is 5.89. The maximum Gasteiger partial charge on any atom is 0.0651 e. The van der Waals surface area contributed by atoms with Crippen molar-refractivity contribution in [3.8, 4) is 0 Å². The number of benzene rings is 1. The van der Waals surface area contributed by atoms with Gasteiger partial charge in [0.2, 0.25) is 0 Å². The van der Waals surface area contributed by atoms with Gasteiger partial charge in [-0.3, -0.25) is 5.10 Å². The normalized spacial score (nSPS) is 11.3. The second-order valence-corrected chi connectivity index (χ2v) is 5.31. The first-order valence-electron chi connectivity index (χ1n) is 6.88. The van der Waals surface area contributed by atoms with E-state index in [0.29, 0.717) is 0 Å². The van der Waals surface area contributed by atoms with Gasteiger partial charge in [0.05, 0.1) is 11.7 Å². The van der Waals surface area contributed by atoms with Crippen LogP contribution in [0.4, 0.5) is 5.69 Å². The Labute approximate surface area is 109 Å². The first kappa shape index (κ1) is 12.9. The highest BCUT2D eigenvalue weighted by Crippen LogP contribution is 2.21. The number of hydrogen-bond donors (Lipinski definition) is 1. The molecule has 1 aromatic carbocycles. The first-order chi connectivity index (χ1) is 8.70. The zero-order valence-corrected chi connectivity index (χ0v) is 11.6. The molecule has 0 aliphatic carbocycles. The molecule has 0 atom stereocenters. The van der Waals surface area contributed by atoms with Crippen molar-refractivity contribution in [3.63, 3.8) is 0 Å². The van der Waals surface area contributed by atoms with Crippen LogP contribution in [0.2, 0.25) is 0 Å². The predicted octanol–water partition coefficient (Wildman–Crippen LogP) is 3.83. The highest BCUT2D eigenvalue weighted by atomic mass is 15.1. The molecule has 0 saturated heterocycles. The lowest BCUT2D eigenvalue weighted by atomic mass is 10.1. The van der Waals surface area contributed by atoms with Crippen LogP contribution < -0.4 is 4.90 Å². The van der Waals surface area contributed by atoms with Crippen LogP contribution in [0.1, 0.15) is 33.6 Å². The van der Waals surface area contributed by atoms with Gasteiger partial charge in [0.25, 0.3) is 0 Å². The largest absolute Gasteiger partial charge is 0.372 e. The molecule has 0 saturated carbocycles. The molecule has 18 heavy (non-hydrogen) atoms. The van der Waals surface area contributed by atoms with Crippen molar-refractivity contribution in [2.24, 2.45) is 5.92 Å². The summed E-state index contributed by atoms with van der Waals surface area (Å²) in [5.74, 6) is 0.752. The molecule has 0 aliphatic heterocycles. The summed E-state index contributed by atoms with van der Waals surface area (Å²) >= 11 is 0. The average Bonchev–Trinajstić information content (AvgIpc) is 2.81. The Morgan fingerprint density at radius 3 is 2.83 bits per heavy atom. The van der Waals surface area contributed by atoms with Gasteiger partial charge in [-0.2, -0.15) is 5.10 Å². The summed E-state index contributed by atoms with van der Waals surface area (Å²) in [6, 6.07) is 6.54. The lowest BCUT2D eigenvalue weighted by molar-refractivity contribution is 0.571. The summed E-state index contributed by atoms with van der Waals surface area (Å²) in [6.45, 7) is 9.05. The Bertz CT molecular complexity index is 487. The standard InChI is InChI=1S/C15H23N3/c1-4-8-18(9-7-12(2)3)14-5-6-15-13(10-14)11-16-17-15/h5-6,10-12H,4,7-9H2,1-3H3,(H,16,17). The van der Waals surface area contributed by atoms with Crippen molar-refractivity contribution in [2.75, 3.05) is 18.0 Å². The molecule has 2 rings (SSSR count). The number of nitrogens with zero attached hydrogens (tertiary/aromatic N) is 2. The van der Waals surface area contributed by atoms with Gasteiger partial charge >= 0.3 is 0 Å². The van der Waals surface area contributed by atoms with Gasteiger partial charge in [0, 0.05) is 24.2 Å². The van der Waals surface area contributed by atoms with Gasteiger partial charge in [0.1, 0.15) is 0 Å². The van der Waals surface area contributed by atoms with Gasteiger partial charge < -0.3 is 4.90 Å². The molecule has 1 aromatic heterocycles. The van der Waals surface area contributed by atoms with Crippen LogP contribution in [0.3, 0.4) is 0 Å². The summed E-state index contributed by atoms with van der Waals surface area (Å²) in [5.41, 5.74) is 2.42. The summed E-state index contributed by atoms with van der Waals surface area (Å²) in [7, 11) is 0. The van der Waals surface area contributed by atoms with Crippen LogP contribution in [0.15, 0.2) is 24.4 Å². The van der Waals surface area contributed by atoms with Gasteiger partial charge in [-0.1, -0.05) is 20.8 Å². The molecule has 1 heterocycles. The zero-order chi connectivity index (χ0) is 13.0. The number of aromatic amines is 1.